The van der Waals surface area contributed by atoms with Crippen LogP contribution in [0.2, 0.25) is 0 Å². The molecule has 6 nitrogen and oxygen atoms in total. The van der Waals surface area contributed by atoms with Crippen molar-refractivity contribution < 1.29 is 0 Å². The number of benzene rings is 2. The van der Waals surface area contributed by atoms with E-state index in [1.165, 1.54) is 11.7 Å². The number of fused-ring (bicyclic) bond motifs is 2. The number of nitrogens with zero attached hydrogens (tertiary/aromatic N) is 4. The maximum atomic E-state index is 4.28. The average Bonchev–Trinajstić information content (AvgIpc) is 3.05. The largest absolute Gasteiger partial charge is 0.340 e. The summed E-state index contributed by atoms with van der Waals surface area (Å²) in [6.45, 7) is 0. The second kappa shape index (κ2) is 5.25. The Morgan fingerprint density at radius 1 is 1.00 bits per heavy atom. The Bertz CT molecular complexity index is 967. The SMILES string of the molecule is C(=N\Nc1ncnc2nc[nH]c12)/c1cccc2ccccc12. The molecule has 0 radical (unpaired) electrons. The Morgan fingerprint density at radius 3 is 2.91 bits per heavy atom. The average molecular weight is 288 g/mol. The number of hydrazone groups is 1. The van der Waals surface area contributed by atoms with Gasteiger partial charge in [0.25, 0.3) is 0 Å². The van der Waals surface area contributed by atoms with Gasteiger partial charge in [-0.05, 0) is 10.8 Å². The molecular formula is C16H12N6. The van der Waals surface area contributed by atoms with E-state index in [9.17, 15) is 0 Å². The van der Waals surface area contributed by atoms with Crippen molar-refractivity contribution in [3.8, 4) is 0 Å². The molecule has 4 rings (SSSR count). The molecule has 0 aliphatic rings. The molecule has 0 spiro atoms. The smallest absolute Gasteiger partial charge is 0.182 e. The number of imidazole rings is 1. The zero-order valence-corrected chi connectivity index (χ0v) is 11.6. The molecule has 0 bridgehead atoms. The van der Waals surface area contributed by atoms with E-state index in [0.29, 0.717) is 11.5 Å². The van der Waals surface area contributed by atoms with Gasteiger partial charge in [-0.1, -0.05) is 42.5 Å². The van der Waals surface area contributed by atoms with Crippen LogP contribution in [-0.4, -0.2) is 26.2 Å². The molecule has 0 amide bonds. The van der Waals surface area contributed by atoms with Crippen molar-refractivity contribution in [2.24, 2.45) is 5.10 Å². The third-order valence-electron chi connectivity index (χ3n) is 3.42. The number of hydrogen-bond acceptors (Lipinski definition) is 5. The highest BCUT2D eigenvalue weighted by molar-refractivity contribution is 6.00. The summed E-state index contributed by atoms with van der Waals surface area (Å²) in [5, 5.41) is 6.62. The molecule has 2 aromatic heterocycles. The standard InChI is InChI=1S/C16H12N6/c1-2-7-13-11(4-1)5-3-6-12(13)8-21-22-16-14-15(18-9-17-14)19-10-20-16/h1-10H,(H2,17,18,19,20,22)/b21-8+. The Hall–Kier alpha value is -3.28. The van der Waals surface area contributed by atoms with Crippen LogP contribution in [0.25, 0.3) is 21.9 Å². The van der Waals surface area contributed by atoms with E-state index in [1.807, 2.05) is 24.3 Å². The first-order valence-electron chi connectivity index (χ1n) is 6.83. The fourth-order valence-electron chi connectivity index (χ4n) is 2.38. The molecule has 0 saturated carbocycles. The third-order valence-corrected chi connectivity index (χ3v) is 3.42. The van der Waals surface area contributed by atoms with Gasteiger partial charge < -0.3 is 4.98 Å². The van der Waals surface area contributed by atoms with E-state index in [-0.39, 0.29) is 0 Å². The Labute approximate surface area is 126 Å². The van der Waals surface area contributed by atoms with Crippen molar-refractivity contribution in [1.29, 1.82) is 0 Å². The molecule has 6 heteroatoms. The van der Waals surface area contributed by atoms with Crippen molar-refractivity contribution in [2.45, 2.75) is 0 Å². The number of aromatic nitrogens is 4. The fraction of sp³-hybridized carbons (Fsp3) is 0. The molecular weight excluding hydrogens is 276 g/mol. The van der Waals surface area contributed by atoms with Crippen LogP contribution in [0, 0.1) is 0 Å². The summed E-state index contributed by atoms with van der Waals surface area (Å²) in [6.07, 6.45) is 4.82. The van der Waals surface area contributed by atoms with E-state index in [0.717, 1.165) is 16.5 Å². The van der Waals surface area contributed by atoms with Crippen molar-refractivity contribution in [2.75, 3.05) is 5.43 Å². The molecule has 0 saturated heterocycles. The first-order chi connectivity index (χ1) is 10.9. The van der Waals surface area contributed by atoms with Gasteiger partial charge in [0.05, 0.1) is 12.5 Å². The molecule has 0 aliphatic heterocycles. The van der Waals surface area contributed by atoms with Gasteiger partial charge in [0, 0.05) is 5.56 Å². The molecule has 4 aromatic rings. The number of rotatable bonds is 3. The van der Waals surface area contributed by atoms with E-state index in [2.05, 4.69) is 48.7 Å². The van der Waals surface area contributed by atoms with Gasteiger partial charge in [0.1, 0.15) is 11.8 Å². The molecule has 106 valence electrons. The lowest BCUT2D eigenvalue weighted by atomic mass is 10.1. The molecule has 0 fully saturated rings. The topological polar surface area (TPSA) is 78.8 Å². The van der Waals surface area contributed by atoms with Crippen LogP contribution in [0.15, 0.2) is 60.2 Å². The van der Waals surface area contributed by atoms with Crippen LogP contribution in [0.1, 0.15) is 5.56 Å². The minimum absolute atomic E-state index is 0.596. The number of nitrogens with one attached hydrogen (secondary N) is 2. The maximum Gasteiger partial charge on any atom is 0.182 e. The summed E-state index contributed by atoms with van der Waals surface area (Å²) in [5.41, 5.74) is 5.32. The second-order valence-corrected chi connectivity index (χ2v) is 4.76. The summed E-state index contributed by atoms with van der Waals surface area (Å²) >= 11 is 0. The first-order valence-corrected chi connectivity index (χ1v) is 6.83. The maximum absolute atomic E-state index is 4.28. The van der Waals surface area contributed by atoms with E-state index in [4.69, 9.17) is 0 Å². The molecule has 2 heterocycles. The predicted octanol–water partition coefficient (Wildman–Crippen LogP) is 2.95. The molecule has 2 aromatic carbocycles. The number of hydrogen-bond donors (Lipinski definition) is 2. The second-order valence-electron chi connectivity index (χ2n) is 4.76. The Morgan fingerprint density at radius 2 is 1.91 bits per heavy atom. The highest BCUT2D eigenvalue weighted by Crippen LogP contribution is 2.17. The zero-order chi connectivity index (χ0) is 14.8. The summed E-state index contributed by atoms with van der Waals surface area (Å²) < 4.78 is 0. The van der Waals surface area contributed by atoms with Crippen LogP contribution < -0.4 is 5.43 Å². The Kier molecular flexibility index (Phi) is 2.97. The predicted molar refractivity (Wildman–Crippen MR) is 86.8 cm³/mol. The van der Waals surface area contributed by atoms with Gasteiger partial charge in [0.15, 0.2) is 11.5 Å². The first kappa shape index (κ1) is 12.5. The minimum atomic E-state index is 0.596. The van der Waals surface area contributed by atoms with Crippen molar-refractivity contribution in [1.82, 2.24) is 19.9 Å². The van der Waals surface area contributed by atoms with Gasteiger partial charge >= 0.3 is 0 Å². The van der Waals surface area contributed by atoms with Gasteiger partial charge in [-0.3, -0.25) is 5.43 Å². The lowest BCUT2D eigenvalue weighted by Gasteiger charge is -2.02. The lowest BCUT2D eigenvalue weighted by molar-refractivity contribution is 1.17. The van der Waals surface area contributed by atoms with Crippen LogP contribution in [0.3, 0.4) is 0 Å². The number of aromatic amines is 1. The molecule has 0 unspecified atom stereocenters. The van der Waals surface area contributed by atoms with Crippen LogP contribution >= 0.6 is 0 Å². The molecule has 0 aliphatic carbocycles. The van der Waals surface area contributed by atoms with Crippen molar-refractivity contribution >= 4 is 34.0 Å². The van der Waals surface area contributed by atoms with Crippen molar-refractivity contribution in [3.05, 3.63) is 60.7 Å². The van der Waals surface area contributed by atoms with Crippen LogP contribution in [-0.2, 0) is 0 Å². The van der Waals surface area contributed by atoms with Crippen LogP contribution in [0.4, 0.5) is 5.82 Å². The van der Waals surface area contributed by atoms with E-state index >= 15 is 0 Å². The van der Waals surface area contributed by atoms with Crippen molar-refractivity contribution in [3.63, 3.8) is 0 Å². The quantitative estimate of drug-likeness (QED) is 0.449. The summed E-state index contributed by atoms with van der Waals surface area (Å²) in [6, 6.07) is 14.3. The van der Waals surface area contributed by atoms with Gasteiger partial charge in [0.2, 0.25) is 0 Å². The summed E-state index contributed by atoms with van der Waals surface area (Å²) in [7, 11) is 0. The zero-order valence-electron chi connectivity index (χ0n) is 11.6. The highest BCUT2D eigenvalue weighted by atomic mass is 15.3. The monoisotopic (exact) mass is 288 g/mol. The van der Waals surface area contributed by atoms with Crippen LogP contribution in [0.5, 0.6) is 0 Å². The summed E-state index contributed by atoms with van der Waals surface area (Å²) in [4.78, 5) is 15.3. The number of H-pyrrole nitrogens is 1. The lowest BCUT2D eigenvalue weighted by Crippen LogP contribution is -1.96. The molecule has 2 N–H and O–H groups in total. The highest BCUT2D eigenvalue weighted by Gasteiger charge is 2.04. The molecule has 22 heavy (non-hydrogen) atoms. The minimum Gasteiger partial charge on any atom is -0.340 e. The van der Waals surface area contributed by atoms with Gasteiger partial charge in [-0.2, -0.15) is 5.10 Å². The summed E-state index contributed by atoms with van der Waals surface area (Å²) in [5.74, 6) is 0.596. The third kappa shape index (κ3) is 2.16. The number of anilines is 1. The van der Waals surface area contributed by atoms with Gasteiger partial charge in [-0.25, -0.2) is 15.0 Å². The Balaban J connectivity index is 1.65. The molecule has 0 atom stereocenters. The van der Waals surface area contributed by atoms with E-state index < -0.39 is 0 Å². The van der Waals surface area contributed by atoms with E-state index in [1.54, 1.807) is 12.5 Å². The van der Waals surface area contributed by atoms with Gasteiger partial charge in [-0.15, -0.1) is 0 Å². The normalized spacial score (nSPS) is 11.5. The fourth-order valence-corrected chi connectivity index (χ4v) is 2.38.